The molecule has 0 aromatic heterocycles. The first-order chi connectivity index (χ1) is 13.3. The molecule has 0 bridgehead atoms. The summed E-state index contributed by atoms with van der Waals surface area (Å²) in [5.74, 6) is 0.511. The maximum atomic E-state index is 13.2. The highest BCUT2D eigenvalue weighted by Crippen LogP contribution is 2.36. The molecule has 1 amide bonds. The summed E-state index contributed by atoms with van der Waals surface area (Å²) < 4.78 is 12.0. The Morgan fingerprint density at radius 3 is 2.04 bits per heavy atom. The van der Waals surface area contributed by atoms with Crippen LogP contribution in [0.4, 0.5) is 0 Å². The van der Waals surface area contributed by atoms with Crippen molar-refractivity contribution >= 4 is 11.7 Å². The van der Waals surface area contributed by atoms with Gasteiger partial charge in [0.05, 0.1) is 25.4 Å². The zero-order valence-corrected chi connectivity index (χ0v) is 17.6. The molecule has 1 aliphatic carbocycles. The average Bonchev–Trinajstić information content (AvgIpc) is 3.34. The molecule has 1 N–H and O–H groups in total. The van der Waals surface area contributed by atoms with Crippen LogP contribution < -0.4 is 5.32 Å². The van der Waals surface area contributed by atoms with Gasteiger partial charge in [-0.1, -0.05) is 0 Å². The number of carbonyl (C=O) groups is 2. The highest BCUT2D eigenvalue weighted by molar-refractivity contribution is 5.99. The van der Waals surface area contributed by atoms with E-state index in [1.165, 1.54) is 16.7 Å². The van der Waals surface area contributed by atoms with Crippen LogP contribution in [-0.2, 0) is 14.3 Å². The number of benzene rings is 1. The summed E-state index contributed by atoms with van der Waals surface area (Å²) in [6.45, 7) is 11.4. The van der Waals surface area contributed by atoms with Crippen molar-refractivity contribution in [3.63, 3.8) is 0 Å². The fourth-order valence-electron chi connectivity index (χ4n) is 4.78. The van der Waals surface area contributed by atoms with Gasteiger partial charge in [0.25, 0.3) is 0 Å². The van der Waals surface area contributed by atoms with Crippen molar-refractivity contribution in [1.29, 1.82) is 0 Å². The number of Topliss-reactive ketones (excluding diaryl/α,β-unsaturated/α-hetero) is 1. The predicted octanol–water partition coefficient (Wildman–Crippen LogP) is 3.11. The monoisotopic (exact) mass is 385 g/mol. The highest BCUT2D eigenvalue weighted by atomic mass is 16.6. The zero-order valence-electron chi connectivity index (χ0n) is 17.6. The third kappa shape index (κ3) is 3.29. The van der Waals surface area contributed by atoms with Crippen LogP contribution in [0.1, 0.15) is 57.4 Å². The minimum absolute atomic E-state index is 0.0426. The summed E-state index contributed by atoms with van der Waals surface area (Å²) in [7, 11) is 0. The Labute approximate surface area is 167 Å². The predicted molar refractivity (Wildman–Crippen MR) is 107 cm³/mol. The van der Waals surface area contributed by atoms with Crippen LogP contribution in [-0.4, -0.2) is 43.2 Å². The minimum atomic E-state index is -0.135. The van der Waals surface area contributed by atoms with Crippen LogP contribution in [0.5, 0.6) is 0 Å². The number of fused-ring (bicyclic) bond motifs is 1. The molecule has 1 saturated carbocycles. The minimum Gasteiger partial charge on any atom is -0.373 e. The SMILES string of the molecule is Cc1c(C)c(C)c(C(=O)C[C@H]2CO[C@H]3[C@@H]2OC[C@@H]3NC(=O)C2CC2)c(C)c1C. The maximum Gasteiger partial charge on any atom is 0.223 e. The van der Waals surface area contributed by atoms with Crippen LogP contribution in [0.3, 0.4) is 0 Å². The first kappa shape index (κ1) is 19.6. The quantitative estimate of drug-likeness (QED) is 0.791. The molecule has 4 atom stereocenters. The number of rotatable bonds is 5. The second-order valence-electron chi connectivity index (χ2n) is 8.87. The van der Waals surface area contributed by atoms with Gasteiger partial charge in [-0.25, -0.2) is 0 Å². The van der Waals surface area contributed by atoms with E-state index in [4.69, 9.17) is 9.47 Å². The maximum absolute atomic E-state index is 13.2. The van der Waals surface area contributed by atoms with Gasteiger partial charge in [0, 0.05) is 23.8 Å². The Kier molecular flexibility index (Phi) is 5.09. The van der Waals surface area contributed by atoms with Crippen molar-refractivity contribution in [2.45, 2.75) is 72.1 Å². The van der Waals surface area contributed by atoms with E-state index in [0.29, 0.717) is 19.6 Å². The number of hydrogen-bond acceptors (Lipinski definition) is 4. The van der Waals surface area contributed by atoms with Gasteiger partial charge in [-0.2, -0.15) is 0 Å². The largest absolute Gasteiger partial charge is 0.373 e. The van der Waals surface area contributed by atoms with E-state index in [1.54, 1.807) is 0 Å². The van der Waals surface area contributed by atoms with E-state index >= 15 is 0 Å². The number of ether oxygens (including phenoxy) is 2. The topological polar surface area (TPSA) is 64.6 Å². The van der Waals surface area contributed by atoms with E-state index in [0.717, 1.165) is 29.5 Å². The van der Waals surface area contributed by atoms with Gasteiger partial charge >= 0.3 is 0 Å². The molecule has 152 valence electrons. The van der Waals surface area contributed by atoms with Crippen molar-refractivity contribution in [3.05, 3.63) is 33.4 Å². The summed E-state index contributed by atoms with van der Waals surface area (Å²) in [5.41, 5.74) is 6.70. The molecule has 5 nitrogen and oxygen atoms in total. The first-order valence-electron chi connectivity index (χ1n) is 10.4. The fourth-order valence-corrected chi connectivity index (χ4v) is 4.78. The highest BCUT2D eigenvalue weighted by Gasteiger charge is 2.49. The van der Waals surface area contributed by atoms with E-state index in [9.17, 15) is 9.59 Å². The Balaban J connectivity index is 1.46. The van der Waals surface area contributed by atoms with Crippen molar-refractivity contribution in [1.82, 2.24) is 5.32 Å². The van der Waals surface area contributed by atoms with Crippen molar-refractivity contribution in [2.24, 2.45) is 11.8 Å². The molecule has 28 heavy (non-hydrogen) atoms. The summed E-state index contributed by atoms with van der Waals surface area (Å²) in [6, 6.07) is -0.0921. The van der Waals surface area contributed by atoms with Gasteiger partial charge < -0.3 is 14.8 Å². The molecule has 0 unspecified atom stereocenters. The smallest absolute Gasteiger partial charge is 0.223 e. The normalized spacial score (nSPS) is 29.0. The number of hydrogen-bond donors (Lipinski definition) is 1. The standard InChI is InChI=1S/C23H31NO4/c1-11-12(2)14(4)20(15(5)13(11)3)19(25)8-17-9-27-22-18(10-28-21(17)22)24-23(26)16-6-7-16/h16-18,21-22H,6-10H2,1-5H3,(H,24,26)/t17-,18-,21+,22+/m0/s1. The number of carbonyl (C=O) groups excluding carboxylic acids is 2. The molecule has 1 aromatic carbocycles. The first-order valence-corrected chi connectivity index (χ1v) is 10.4. The fraction of sp³-hybridized carbons (Fsp3) is 0.652. The van der Waals surface area contributed by atoms with Gasteiger partial charge in [0.2, 0.25) is 5.91 Å². The Morgan fingerprint density at radius 1 is 0.857 bits per heavy atom. The van der Waals surface area contributed by atoms with Crippen LogP contribution in [0, 0.1) is 46.5 Å². The van der Waals surface area contributed by atoms with Crippen molar-refractivity contribution in [2.75, 3.05) is 13.2 Å². The van der Waals surface area contributed by atoms with E-state index in [1.807, 2.05) is 13.8 Å². The number of amides is 1. The molecule has 4 rings (SSSR count). The molecule has 2 heterocycles. The molecular weight excluding hydrogens is 354 g/mol. The Bertz CT molecular complexity index is 797. The lowest BCUT2D eigenvalue weighted by atomic mass is 9.84. The van der Waals surface area contributed by atoms with Crippen molar-refractivity contribution < 1.29 is 19.1 Å². The molecule has 0 radical (unpaired) electrons. The summed E-state index contributed by atoms with van der Waals surface area (Å²) in [4.78, 5) is 25.3. The van der Waals surface area contributed by atoms with Gasteiger partial charge in [0.15, 0.2) is 5.78 Å². The van der Waals surface area contributed by atoms with Crippen molar-refractivity contribution in [3.8, 4) is 0 Å². The molecule has 3 fully saturated rings. The van der Waals surface area contributed by atoms with E-state index in [2.05, 4.69) is 26.1 Å². The van der Waals surface area contributed by atoms with E-state index in [-0.39, 0.29) is 41.8 Å². The van der Waals surface area contributed by atoms with Gasteiger partial charge in [-0.15, -0.1) is 0 Å². The second kappa shape index (κ2) is 7.27. The average molecular weight is 386 g/mol. The molecule has 2 saturated heterocycles. The van der Waals surface area contributed by atoms with Crippen LogP contribution >= 0.6 is 0 Å². The molecule has 3 aliphatic rings. The molecule has 2 aliphatic heterocycles. The molecule has 5 heteroatoms. The van der Waals surface area contributed by atoms with Crippen LogP contribution in [0.15, 0.2) is 0 Å². The van der Waals surface area contributed by atoms with Gasteiger partial charge in [-0.05, 0) is 75.3 Å². The summed E-state index contributed by atoms with van der Waals surface area (Å²) >= 11 is 0. The molecule has 1 aromatic rings. The van der Waals surface area contributed by atoms with Gasteiger partial charge in [0.1, 0.15) is 6.10 Å². The third-order valence-electron chi connectivity index (χ3n) is 7.16. The van der Waals surface area contributed by atoms with Crippen LogP contribution in [0.25, 0.3) is 0 Å². The van der Waals surface area contributed by atoms with Gasteiger partial charge in [-0.3, -0.25) is 9.59 Å². The number of ketones is 1. The second-order valence-corrected chi connectivity index (χ2v) is 8.87. The van der Waals surface area contributed by atoms with Crippen LogP contribution in [0.2, 0.25) is 0 Å². The number of nitrogens with one attached hydrogen (secondary N) is 1. The zero-order chi connectivity index (χ0) is 20.2. The Hall–Kier alpha value is -1.72. The lowest BCUT2D eigenvalue weighted by molar-refractivity contribution is -0.123. The molecule has 0 spiro atoms. The summed E-state index contributed by atoms with van der Waals surface area (Å²) in [5, 5.41) is 3.08. The van der Waals surface area contributed by atoms with E-state index < -0.39 is 0 Å². The third-order valence-corrected chi connectivity index (χ3v) is 7.16. The summed E-state index contributed by atoms with van der Waals surface area (Å²) in [6.07, 6.45) is 2.15. The lowest BCUT2D eigenvalue weighted by Crippen LogP contribution is -2.44. The molecular formula is C23H31NO4. The lowest BCUT2D eigenvalue weighted by Gasteiger charge is -2.20. The Morgan fingerprint density at radius 2 is 1.43 bits per heavy atom.